The van der Waals surface area contributed by atoms with E-state index in [0.29, 0.717) is 25.2 Å². The van der Waals surface area contributed by atoms with Gasteiger partial charge in [-0.1, -0.05) is 30.3 Å². The molecule has 0 atom stereocenters. The van der Waals surface area contributed by atoms with E-state index >= 15 is 0 Å². The molecule has 0 aromatic heterocycles. The van der Waals surface area contributed by atoms with Crippen molar-refractivity contribution in [1.82, 2.24) is 9.80 Å². The Kier molecular flexibility index (Phi) is 4.62. The van der Waals surface area contributed by atoms with E-state index < -0.39 is 5.60 Å². The summed E-state index contributed by atoms with van der Waals surface area (Å²) in [6.07, 6.45) is -0.337. The van der Waals surface area contributed by atoms with Crippen LogP contribution in [0, 0.1) is 0 Å². The SMILES string of the molecule is CC(C)(C)OC(=O)N1CC(N2Cc3cc(-c4cc(O)cc5ccccc45)ccc3C2=O)C1. The van der Waals surface area contributed by atoms with Crippen molar-refractivity contribution >= 4 is 22.8 Å². The number of phenolic OH excluding ortho intramolecular Hbond substituents is 1. The lowest BCUT2D eigenvalue weighted by Gasteiger charge is -2.43. The minimum atomic E-state index is -0.533. The van der Waals surface area contributed by atoms with Crippen LogP contribution in [0.5, 0.6) is 5.75 Å². The number of benzene rings is 3. The Bertz CT molecular complexity index is 1240. The molecule has 6 heteroatoms. The van der Waals surface area contributed by atoms with Crippen LogP contribution in [0.1, 0.15) is 36.7 Å². The Morgan fingerprint density at radius 2 is 1.78 bits per heavy atom. The van der Waals surface area contributed by atoms with Crippen LogP contribution < -0.4 is 0 Å². The summed E-state index contributed by atoms with van der Waals surface area (Å²) in [6.45, 7) is 7.02. The maximum atomic E-state index is 13.0. The Hall–Kier alpha value is -3.54. The van der Waals surface area contributed by atoms with Gasteiger partial charge in [-0.2, -0.15) is 0 Å². The molecule has 32 heavy (non-hydrogen) atoms. The number of ether oxygens (including phenoxy) is 1. The fourth-order valence-electron chi connectivity index (χ4n) is 4.47. The number of amides is 2. The van der Waals surface area contributed by atoms with Crippen LogP contribution in [0.15, 0.2) is 54.6 Å². The van der Waals surface area contributed by atoms with Gasteiger partial charge in [0.25, 0.3) is 5.91 Å². The van der Waals surface area contributed by atoms with Crippen LogP contribution in [0.4, 0.5) is 4.79 Å². The Morgan fingerprint density at radius 1 is 1.03 bits per heavy atom. The van der Waals surface area contributed by atoms with E-state index in [2.05, 4.69) is 0 Å². The van der Waals surface area contributed by atoms with Gasteiger partial charge < -0.3 is 19.6 Å². The molecule has 2 aliphatic heterocycles. The number of rotatable bonds is 2. The van der Waals surface area contributed by atoms with Gasteiger partial charge in [-0.3, -0.25) is 4.79 Å². The van der Waals surface area contributed by atoms with Crippen molar-refractivity contribution in [3.63, 3.8) is 0 Å². The number of fused-ring (bicyclic) bond motifs is 2. The zero-order valence-corrected chi connectivity index (χ0v) is 18.5. The Labute approximate surface area is 187 Å². The van der Waals surface area contributed by atoms with Crippen molar-refractivity contribution in [2.45, 2.75) is 39.0 Å². The standard InChI is InChI=1S/C26H26N2O4/c1-26(2,3)32-25(31)27-14-19(15-27)28-13-18-10-17(8-9-22(18)24(28)30)23-12-20(29)11-16-6-4-5-7-21(16)23/h4-12,19,29H,13-15H2,1-3H3. The lowest BCUT2D eigenvalue weighted by Crippen LogP contribution is -2.61. The molecule has 0 spiro atoms. The van der Waals surface area contributed by atoms with Gasteiger partial charge >= 0.3 is 6.09 Å². The van der Waals surface area contributed by atoms with Gasteiger partial charge in [0.15, 0.2) is 0 Å². The molecule has 0 saturated carbocycles. The molecule has 0 bridgehead atoms. The van der Waals surface area contributed by atoms with Crippen LogP contribution >= 0.6 is 0 Å². The predicted molar refractivity (Wildman–Crippen MR) is 123 cm³/mol. The quantitative estimate of drug-likeness (QED) is 0.635. The minimum Gasteiger partial charge on any atom is -0.508 e. The van der Waals surface area contributed by atoms with Crippen molar-refractivity contribution in [3.05, 3.63) is 65.7 Å². The van der Waals surface area contributed by atoms with Crippen molar-refractivity contribution in [1.29, 1.82) is 0 Å². The minimum absolute atomic E-state index is 0.00107. The van der Waals surface area contributed by atoms with Gasteiger partial charge in [0, 0.05) is 25.2 Å². The summed E-state index contributed by atoms with van der Waals surface area (Å²) in [5.74, 6) is 0.217. The van der Waals surface area contributed by atoms with E-state index in [1.54, 1.807) is 17.0 Å². The molecule has 2 amide bonds. The first-order valence-electron chi connectivity index (χ1n) is 10.8. The average Bonchev–Trinajstić information content (AvgIpc) is 3.00. The van der Waals surface area contributed by atoms with Crippen LogP contribution in [0.3, 0.4) is 0 Å². The van der Waals surface area contributed by atoms with Gasteiger partial charge in [-0.05, 0) is 72.5 Å². The summed E-state index contributed by atoms with van der Waals surface area (Å²) in [4.78, 5) is 28.7. The molecule has 3 aromatic rings. The number of carbonyl (C=O) groups is 2. The van der Waals surface area contributed by atoms with Crippen molar-refractivity contribution in [3.8, 4) is 16.9 Å². The second kappa shape index (κ2) is 7.26. The summed E-state index contributed by atoms with van der Waals surface area (Å²) >= 11 is 0. The Balaban J connectivity index is 1.36. The maximum Gasteiger partial charge on any atom is 0.410 e. The fourth-order valence-corrected chi connectivity index (χ4v) is 4.47. The number of nitrogens with zero attached hydrogens (tertiary/aromatic N) is 2. The molecule has 6 nitrogen and oxygen atoms in total. The second-order valence-corrected chi connectivity index (χ2v) is 9.56. The molecule has 5 rings (SSSR count). The van der Waals surface area contributed by atoms with E-state index in [4.69, 9.17) is 4.74 Å². The van der Waals surface area contributed by atoms with E-state index in [0.717, 1.165) is 27.5 Å². The van der Waals surface area contributed by atoms with Crippen molar-refractivity contribution in [2.75, 3.05) is 13.1 Å². The summed E-state index contributed by atoms with van der Waals surface area (Å²) < 4.78 is 5.41. The third-order valence-electron chi connectivity index (χ3n) is 6.05. The summed E-state index contributed by atoms with van der Waals surface area (Å²) in [5.41, 5.74) is 3.04. The van der Waals surface area contributed by atoms with Crippen molar-refractivity contribution < 1.29 is 19.4 Å². The number of phenols is 1. The fraction of sp³-hybridized carbons (Fsp3) is 0.308. The van der Waals surface area contributed by atoms with Crippen LogP contribution in [0.2, 0.25) is 0 Å². The molecular weight excluding hydrogens is 404 g/mol. The topological polar surface area (TPSA) is 70.1 Å². The predicted octanol–water partition coefficient (Wildman–Crippen LogP) is 4.79. The average molecular weight is 431 g/mol. The van der Waals surface area contributed by atoms with E-state index in [-0.39, 0.29) is 23.8 Å². The van der Waals surface area contributed by atoms with Gasteiger partial charge in [0.05, 0.1) is 6.04 Å². The van der Waals surface area contributed by atoms with Gasteiger partial charge in [-0.15, -0.1) is 0 Å². The first kappa shape index (κ1) is 20.4. The first-order valence-corrected chi connectivity index (χ1v) is 10.8. The highest BCUT2D eigenvalue weighted by molar-refractivity contribution is 6.01. The second-order valence-electron chi connectivity index (χ2n) is 9.56. The molecule has 3 aromatic carbocycles. The monoisotopic (exact) mass is 430 g/mol. The molecular formula is C26H26N2O4. The number of hydrogen-bond donors (Lipinski definition) is 1. The number of aromatic hydroxyl groups is 1. The van der Waals surface area contributed by atoms with Crippen LogP contribution in [-0.2, 0) is 11.3 Å². The molecule has 1 fully saturated rings. The lowest BCUT2D eigenvalue weighted by molar-refractivity contribution is -0.0125. The van der Waals surface area contributed by atoms with Gasteiger partial charge in [0.1, 0.15) is 11.4 Å². The van der Waals surface area contributed by atoms with Gasteiger partial charge in [-0.25, -0.2) is 4.79 Å². The molecule has 164 valence electrons. The van der Waals surface area contributed by atoms with Crippen LogP contribution in [-0.4, -0.2) is 51.6 Å². The molecule has 2 heterocycles. The molecule has 1 N–H and O–H groups in total. The zero-order valence-electron chi connectivity index (χ0n) is 18.5. The largest absolute Gasteiger partial charge is 0.508 e. The number of carbonyl (C=O) groups excluding carboxylic acids is 2. The molecule has 0 radical (unpaired) electrons. The van der Waals surface area contributed by atoms with E-state index in [1.165, 1.54) is 0 Å². The normalized spacial score (nSPS) is 16.3. The maximum absolute atomic E-state index is 13.0. The number of hydrogen-bond acceptors (Lipinski definition) is 4. The molecule has 2 aliphatic rings. The molecule has 1 saturated heterocycles. The number of likely N-dealkylation sites (tertiary alicyclic amines) is 1. The van der Waals surface area contributed by atoms with E-state index in [9.17, 15) is 14.7 Å². The highest BCUT2D eigenvalue weighted by Crippen LogP contribution is 2.36. The zero-order chi connectivity index (χ0) is 22.6. The highest BCUT2D eigenvalue weighted by Gasteiger charge is 2.42. The van der Waals surface area contributed by atoms with Crippen molar-refractivity contribution in [2.24, 2.45) is 0 Å². The van der Waals surface area contributed by atoms with Gasteiger partial charge in [0.2, 0.25) is 0 Å². The lowest BCUT2D eigenvalue weighted by atomic mass is 9.95. The summed E-state index contributed by atoms with van der Waals surface area (Å²) in [7, 11) is 0. The molecule has 0 unspecified atom stereocenters. The van der Waals surface area contributed by atoms with Crippen LogP contribution in [0.25, 0.3) is 21.9 Å². The first-order chi connectivity index (χ1) is 15.2. The smallest absolute Gasteiger partial charge is 0.410 e. The highest BCUT2D eigenvalue weighted by atomic mass is 16.6. The third kappa shape index (κ3) is 3.55. The Morgan fingerprint density at radius 3 is 2.53 bits per heavy atom. The van der Waals surface area contributed by atoms with E-state index in [1.807, 2.05) is 68.1 Å². The summed E-state index contributed by atoms with van der Waals surface area (Å²) in [5, 5.41) is 12.2. The molecule has 0 aliphatic carbocycles. The third-order valence-corrected chi connectivity index (χ3v) is 6.05. The summed E-state index contributed by atoms with van der Waals surface area (Å²) in [6, 6.07) is 17.3.